The molecule has 0 bridgehead atoms. The molecule has 2 nitrogen and oxygen atoms in total. The monoisotopic (exact) mass is 1090 g/mol. The molecule has 3 aromatic heterocycles. The first-order valence-corrected chi connectivity index (χ1v) is 33.5. The molecule has 10 rings (SSSR count). The summed E-state index contributed by atoms with van der Waals surface area (Å²) in [5, 5.41) is 0. The van der Waals surface area contributed by atoms with Crippen molar-refractivity contribution in [1.29, 1.82) is 0 Å². The van der Waals surface area contributed by atoms with Crippen LogP contribution in [0.1, 0.15) is 248 Å². The number of thiophene rings is 2. The van der Waals surface area contributed by atoms with Gasteiger partial charge in [0.05, 0.1) is 11.7 Å². The summed E-state index contributed by atoms with van der Waals surface area (Å²) in [6.45, 7) is 13.9. The SMILES string of the molecule is C.CCCCCCCCC1(CCCCCCCC)c2cc(C)ccc2-c2ccc(-c3ccc(-c4ccc5c(c4)C(CCCCCCCC)(CCCCCCCC)c4cc(-c6cc7sc(C)cc7s6)ccc4-5)c4nsnc34)cc21. The summed E-state index contributed by atoms with van der Waals surface area (Å²) in [4.78, 5) is 2.81. The van der Waals surface area contributed by atoms with Gasteiger partial charge in [0, 0.05) is 41.1 Å². The summed E-state index contributed by atoms with van der Waals surface area (Å²) in [6.07, 6.45) is 36.6. The Balaban J connectivity index is 0.00000740. The van der Waals surface area contributed by atoms with Crippen molar-refractivity contribution >= 4 is 54.8 Å². The van der Waals surface area contributed by atoms with Crippen LogP contribution in [-0.2, 0) is 10.8 Å². The molecule has 0 aliphatic heterocycles. The first-order chi connectivity index (χ1) is 37.8. The van der Waals surface area contributed by atoms with Gasteiger partial charge in [-0.2, -0.15) is 8.75 Å². The Labute approximate surface area is 484 Å². The van der Waals surface area contributed by atoms with Gasteiger partial charge >= 0.3 is 0 Å². The minimum atomic E-state index is -0.0329. The normalized spacial score (nSPS) is 13.8. The van der Waals surface area contributed by atoms with E-state index >= 15 is 0 Å². The first kappa shape index (κ1) is 58.2. The summed E-state index contributed by atoms with van der Waals surface area (Å²) in [5.74, 6) is 0. The van der Waals surface area contributed by atoms with E-state index in [1.165, 1.54) is 266 Å². The fourth-order valence-electron chi connectivity index (χ4n) is 14.2. The summed E-state index contributed by atoms with van der Waals surface area (Å²) in [5.41, 5.74) is 21.9. The van der Waals surface area contributed by atoms with Gasteiger partial charge in [-0.05, 0) is 131 Å². The van der Waals surface area contributed by atoms with Crippen LogP contribution in [0.25, 0.3) is 75.4 Å². The highest BCUT2D eigenvalue weighted by Crippen LogP contribution is 2.58. The lowest BCUT2D eigenvalue weighted by molar-refractivity contribution is 0.398. The van der Waals surface area contributed by atoms with E-state index < -0.39 is 0 Å². The Morgan fingerprint density at radius 3 is 1.12 bits per heavy atom. The maximum atomic E-state index is 5.20. The van der Waals surface area contributed by atoms with Crippen molar-refractivity contribution in [2.24, 2.45) is 0 Å². The van der Waals surface area contributed by atoms with E-state index in [1.54, 1.807) is 22.3 Å². The predicted molar refractivity (Wildman–Crippen MR) is 348 cm³/mol. The molecular formula is C73H94N2S3. The van der Waals surface area contributed by atoms with Crippen LogP contribution in [0.5, 0.6) is 0 Å². The highest BCUT2D eigenvalue weighted by molar-refractivity contribution is 7.29. The number of fused-ring (bicyclic) bond motifs is 8. The smallest absolute Gasteiger partial charge is 0.113 e. The zero-order valence-electron chi connectivity index (χ0n) is 48.2. The molecule has 2 aliphatic carbocycles. The number of aromatic nitrogens is 2. The van der Waals surface area contributed by atoms with E-state index in [-0.39, 0.29) is 18.3 Å². The molecule has 0 spiro atoms. The van der Waals surface area contributed by atoms with Gasteiger partial charge in [0.2, 0.25) is 0 Å². The average molecular weight is 1100 g/mol. The number of benzene rings is 5. The molecule has 0 atom stereocenters. The molecule has 0 unspecified atom stereocenters. The topological polar surface area (TPSA) is 25.8 Å². The Morgan fingerprint density at radius 1 is 0.346 bits per heavy atom. The lowest BCUT2D eigenvalue weighted by atomic mass is 9.70. The van der Waals surface area contributed by atoms with Gasteiger partial charge in [-0.3, -0.25) is 0 Å². The minimum absolute atomic E-state index is 0. The molecule has 5 aromatic carbocycles. The number of rotatable bonds is 31. The molecule has 78 heavy (non-hydrogen) atoms. The minimum Gasteiger partial charge on any atom is -0.172 e. The molecule has 5 heteroatoms. The largest absolute Gasteiger partial charge is 0.172 e. The molecule has 0 amide bonds. The van der Waals surface area contributed by atoms with E-state index in [4.69, 9.17) is 8.75 Å². The highest BCUT2D eigenvalue weighted by atomic mass is 32.1. The van der Waals surface area contributed by atoms with E-state index in [9.17, 15) is 0 Å². The quantitative estimate of drug-likeness (QED) is 0.0405. The maximum Gasteiger partial charge on any atom is 0.113 e. The highest BCUT2D eigenvalue weighted by Gasteiger charge is 2.44. The zero-order valence-corrected chi connectivity index (χ0v) is 50.6. The Hall–Kier alpha value is -4.42. The van der Waals surface area contributed by atoms with Gasteiger partial charge in [-0.25, -0.2) is 0 Å². The number of unbranched alkanes of at least 4 members (excludes halogenated alkanes) is 20. The summed E-state index contributed by atoms with van der Waals surface area (Å²) in [7, 11) is 0. The summed E-state index contributed by atoms with van der Waals surface area (Å²) >= 11 is 5.29. The first-order valence-electron chi connectivity index (χ1n) is 31.1. The van der Waals surface area contributed by atoms with Crippen LogP contribution in [0.15, 0.2) is 97.1 Å². The Kier molecular flexibility index (Phi) is 20.4. The van der Waals surface area contributed by atoms with Gasteiger partial charge in [0.15, 0.2) is 0 Å². The van der Waals surface area contributed by atoms with Gasteiger partial charge in [0.25, 0.3) is 0 Å². The van der Waals surface area contributed by atoms with Crippen LogP contribution in [-0.4, -0.2) is 8.75 Å². The maximum absolute atomic E-state index is 5.20. The molecule has 0 saturated heterocycles. The number of hydrogen-bond donors (Lipinski definition) is 0. The van der Waals surface area contributed by atoms with E-state index in [1.807, 2.05) is 22.7 Å². The van der Waals surface area contributed by atoms with Crippen LogP contribution in [0.3, 0.4) is 0 Å². The third kappa shape index (κ3) is 12.3. The third-order valence-electron chi connectivity index (χ3n) is 18.4. The average Bonchev–Trinajstić information content (AvgIpc) is 4.45. The van der Waals surface area contributed by atoms with Crippen molar-refractivity contribution in [2.45, 2.75) is 240 Å². The molecule has 0 radical (unpaired) electrons. The van der Waals surface area contributed by atoms with Crippen molar-refractivity contribution < 1.29 is 0 Å². The van der Waals surface area contributed by atoms with Crippen molar-refractivity contribution in [3.63, 3.8) is 0 Å². The lowest BCUT2D eigenvalue weighted by Crippen LogP contribution is -2.25. The van der Waals surface area contributed by atoms with Crippen LogP contribution >= 0.6 is 34.4 Å². The molecule has 2 aliphatic rings. The van der Waals surface area contributed by atoms with E-state index in [0.717, 1.165) is 11.0 Å². The van der Waals surface area contributed by atoms with Gasteiger partial charge in [-0.1, -0.05) is 262 Å². The summed E-state index contributed by atoms with van der Waals surface area (Å²) < 4.78 is 13.2. The predicted octanol–water partition coefficient (Wildman–Crippen LogP) is 24.8. The molecule has 414 valence electrons. The molecule has 8 aromatic rings. The molecular weight excluding hydrogens is 1000 g/mol. The van der Waals surface area contributed by atoms with Crippen molar-refractivity contribution in [1.82, 2.24) is 8.75 Å². The van der Waals surface area contributed by atoms with Gasteiger partial charge in [-0.15, -0.1) is 22.7 Å². The second kappa shape index (κ2) is 27.4. The van der Waals surface area contributed by atoms with Gasteiger partial charge in [0.1, 0.15) is 11.0 Å². The lowest BCUT2D eigenvalue weighted by Gasteiger charge is -2.33. The van der Waals surface area contributed by atoms with Crippen molar-refractivity contribution in [3.05, 3.63) is 130 Å². The van der Waals surface area contributed by atoms with Gasteiger partial charge < -0.3 is 0 Å². The van der Waals surface area contributed by atoms with E-state index in [2.05, 4.69) is 139 Å². The summed E-state index contributed by atoms with van der Waals surface area (Å²) in [6, 6.07) is 39.6. The zero-order chi connectivity index (χ0) is 53.2. The van der Waals surface area contributed by atoms with Crippen LogP contribution in [0.2, 0.25) is 0 Å². The second-order valence-electron chi connectivity index (χ2n) is 23.9. The second-order valence-corrected chi connectivity index (χ2v) is 26.8. The Bertz CT molecular complexity index is 3150. The molecule has 3 heterocycles. The number of hydrogen-bond acceptors (Lipinski definition) is 5. The van der Waals surface area contributed by atoms with E-state index in [0.29, 0.717) is 0 Å². The fourth-order valence-corrected chi connectivity index (χ4v) is 17.1. The number of aryl methyl sites for hydroxylation is 2. The molecule has 0 saturated carbocycles. The standard InChI is InChI=1S/C72H90N2S3.CH4/c1-7-11-15-19-23-27-41-71(42-28-24-20-16-12-8-2)62-45-51(5)31-35-58(62)59-36-32-53(47-63(59)71)56-39-40-57(70-69(56)73-77-74-70)54-33-37-60-61-38-34-55(66-50-68-67(76-66)46-52(6)75-68)49-65(61)72(64(60)48-54,43-29-25-21-17-13-9-3)44-30-26-22-18-14-10-4;/h31-40,45-50H,7-30,41-44H2,1-6H3;1H4. The molecule has 0 fully saturated rings. The molecule has 0 N–H and O–H groups in total. The van der Waals surface area contributed by atoms with Crippen LogP contribution in [0, 0.1) is 13.8 Å². The number of nitrogens with zero attached hydrogens (tertiary/aromatic N) is 2. The van der Waals surface area contributed by atoms with Crippen molar-refractivity contribution in [3.8, 4) is 54.9 Å². The van der Waals surface area contributed by atoms with Crippen molar-refractivity contribution in [2.75, 3.05) is 0 Å². The van der Waals surface area contributed by atoms with Crippen LogP contribution in [0.4, 0.5) is 0 Å². The third-order valence-corrected chi connectivity index (χ3v) is 21.1. The fraction of sp³-hybridized carbons (Fsp3) is 0.507. The van der Waals surface area contributed by atoms with Crippen LogP contribution < -0.4 is 0 Å². The Morgan fingerprint density at radius 2 is 0.692 bits per heavy atom.